The topological polar surface area (TPSA) is 55.6 Å². The number of hydrogen-bond acceptors (Lipinski definition) is 5. The van der Waals surface area contributed by atoms with Gasteiger partial charge in [0.15, 0.2) is 11.6 Å². The van der Waals surface area contributed by atoms with Gasteiger partial charge in [0.05, 0.1) is 11.3 Å². The summed E-state index contributed by atoms with van der Waals surface area (Å²) in [7, 11) is 3.89. The van der Waals surface area contributed by atoms with Crippen molar-refractivity contribution in [1.82, 2.24) is 19.1 Å². The van der Waals surface area contributed by atoms with E-state index in [1.54, 1.807) is 0 Å². The molecule has 1 aliphatic carbocycles. The van der Waals surface area contributed by atoms with Crippen molar-refractivity contribution in [2.24, 2.45) is 7.05 Å². The van der Waals surface area contributed by atoms with Gasteiger partial charge in [-0.25, -0.2) is 9.67 Å². The Balaban J connectivity index is 2.02. The molecule has 1 fully saturated rings. The van der Waals surface area contributed by atoms with Gasteiger partial charge in [0.1, 0.15) is 5.00 Å². The molecule has 2 heterocycles. The maximum atomic E-state index is 4.78. The number of aryl methyl sites for hydroxylation is 2. The van der Waals surface area contributed by atoms with Crippen molar-refractivity contribution in [3.63, 3.8) is 0 Å². The molecule has 102 valence electrons. The molecule has 2 aromatic rings. The van der Waals surface area contributed by atoms with Crippen LogP contribution in [0.25, 0.3) is 11.4 Å². The molecule has 1 aliphatic rings. The van der Waals surface area contributed by atoms with Crippen LogP contribution in [-0.4, -0.2) is 26.2 Å². The lowest BCUT2D eigenvalue weighted by atomic mass is 10.1. The van der Waals surface area contributed by atoms with Crippen molar-refractivity contribution in [1.29, 1.82) is 0 Å². The number of rotatable bonds is 3. The van der Waals surface area contributed by atoms with Crippen molar-refractivity contribution < 1.29 is 0 Å². The van der Waals surface area contributed by atoms with Crippen LogP contribution in [0.4, 0.5) is 5.00 Å². The first-order chi connectivity index (χ1) is 9.20. The van der Waals surface area contributed by atoms with Gasteiger partial charge < -0.3 is 5.32 Å². The van der Waals surface area contributed by atoms with E-state index < -0.39 is 0 Å². The first-order valence-electron chi connectivity index (χ1n) is 6.76. The number of hydrogen-bond donors (Lipinski definition) is 1. The second-order valence-corrected chi connectivity index (χ2v) is 5.89. The molecule has 1 saturated carbocycles. The minimum Gasteiger partial charge on any atom is -0.378 e. The molecular weight excluding hydrogens is 258 g/mol. The summed E-state index contributed by atoms with van der Waals surface area (Å²) in [4.78, 5) is 4.78. The molecule has 19 heavy (non-hydrogen) atoms. The second kappa shape index (κ2) is 4.92. The molecule has 0 aliphatic heterocycles. The standard InChI is InChI=1S/C13H19N5S/c1-8-10(13(14-2)19-17-8)12-15-11(16-18(12)3)9-6-4-5-7-9/h9,14H,4-7H2,1-3H3. The maximum absolute atomic E-state index is 4.78. The third-order valence-corrected chi connectivity index (χ3v) is 4.77. The molecule has 2 aromatic heterocycles. The molecule has 5 nitrogen and oxygen atoms in total. The molecule has 0 unspecified atom stereocenters. The van der Waals surface area contributed by atoms with E-state index in [1.807, 2.05) is 25.7 Å². The van der Waals surface area contributed by atoms with Crippen molar-refractivity contribution in [2.75, 3.05) is 12.4 Å². The second-order valence-electron chi connectivity index (χ2n) is 5.12. The van der Waals surface area contributed by atoms with E-state index in [-0.39, 0.29) is 0 Å². The van der Waals surface area contributed by atoms with Gasteiger partial charge >= 0.3 is 0 Å². The zero-order chi connectivity index (χ0) is 13.4. The van der Waals surface area contributed by atoms with Crippen molar-refractivity contribution in [3.8, 4) is 11.4 Å². The normalized spacial score (nSPS) is 16.2. The first-order valence-corrected chi connectivity index (χ1v) is 7.53. The summed E-state index contributed by atoms with van der Waals surface area (Å²) in [5.41, 5.74) is 2.11. The lowest BCUT2D eigenvalue weighted by Crippen LogP contribution is -1.98. The van der Waals surface area contributed by atoms with Crippen LogP contribution in [0.5, 0.6) is 0 Å². The molecule has 0 saturated heterocycles. The fourth-order valence-corrected chi connectivity index (χ4v) is 3.52. The molecule has 6 heteroatoms. The molecule has 1 N–H and O–H groups in total. The summed E-state index contributed by atoms with van der Waals surface area (Å²) in [6, 6.07) is 0. The Labute approximate surface area is 117 Å². The molecular formula is C13H19N5S. The Hall–Kier alpha value is -1.43. The molecule has 0 radical (unpaired) electrons. The highest BCUT2D eigenvalue weighted by Gasteiger charge is 2.24. The number of nitrogens with one attached hydrogen (secondary N) is 1. The van der Waals surface area contributed by atoms with E-state index in [1.165, 1.54) is 37.2 Å². The monoisotopic (exact) mass is 277 g/mol. The first kappa shape index (κ1) is 12.6. The van der Waals surface area contributed by atoms with Crippen molar-refractivity contribution in [3.05, 3.63) is 11.5 Å². The van der Waals surface area contributed by atoms with Gasteiger partial charge in [0.2, 0.25) is 0 Å². The van der Waals surface area contributed by atoms with E-state index >= 15 is 0 Å². The van der Waals surface area contributed by atoms with Crippen LogP contribution in [0.3, 0.4) is 0 Å². The van der Waals surface area contributed by atoms with Crippen LogP contribution in [0.15, 0.2) is 0 Å². The Morgan fingerprint density at radius 2 is 2.05 bits per heavy atom. The van der Waals surface area contributed by atoms with Gasteiger partial charge in [0.25, 0.3) is 0 Å². The fourth-order valence-electron chi connectivity index (χ4n) is 2.78. The SMILES string of the molecule is CNc1snc(C)c1-c1nc(C2CCCC2)nn1C. The number of aromatic nitrogens is 4. The van der Waals surface area contributed by atoms with Crippen LogP contribution >= 0.6 is 11.5 Å². The van der Waals surface area contributed by atoms with E-state index in [9.17, 15) is 0 Å². The Morgan fingerprint density at radius 3 is 2.74 bits per heavy atom. The zero-order valence-corrected chi connectivity index (χ0v) is 12.4. The van der Waals surface area contributed by atoms with Crippen LogP contribution in [0.1, 0.15) is 43.1 Å². The smallest absolute Gasteiger partial charge is 0.163 e. The molecule has 0 bridgehead atoms. The predicted octanol–water partition coefficient (Wildman–Crippen LogP) is 2.95. The van der Waals surface area contributed by atoms with Crippen LogP contribution in [-0.2, 0) is 7.05 Å². The summed E-state index contributed by atoms with van der Waals surface area (Å²) in [6.45, 7) is 2.02. The molecule has 0 aromatic carbocycles. The summed E-state index contributed by atoms with van der Waals surface area (Å²) >= 11 is 1.48. The molecule has 3 rings (SSSR count). The largest absolute Gasteiger partial charge is 0.378 e. The van der Waals surface area contributed by atoms with Crippen molar-refractivity contribution in [2.45, 2.75) is 38.5 Å². The Kier molecular flexibility index (Phi) is 3.26. The summed E-state index contributed by atoms with van der Waals surface area (Å²) in [5.74, 6) is 2.48. The summed E-state index contributed by atoms with van der Waals surface area (Å²) < 4.78 is 6.30. The van der Waals surface area contributed by atoms with E-state index in [2.05, 4.69) is 14.8 Å². The van der Waals surface area contributed by atoms with E-state index in [4.69, 9.17) is 4.98 Å². The molecule has 0 atom stereocenters. The fraction of sp³-hybridized carbons (Fsp3) is 0.615. The molecule has 0 amide bonds. The van der Waals surface area contributed by atoms with Gasteiger partial charge in [-0.15, -0.1) is 0 Å². The average molecular weight is 277 g/mol. The Morgan fingerprint density at radius 1 is 1.32 bits per heavy atom. The molecule has 0 spiro atoms. The maximum Gasteiger partial charge on any atom is 0.163 e. The lowest BCUT2D eigenvalue weighted by Gasteiger charge is -2.02. The van der Waals surface area contributed by atoms with E-state index in [0.717, 1.165) is 27.9 Å². The van der Waals surface area contributed by atoms with Crippen LogP contribution < -0.4 is 5.32 Å². The van der Waals surface area contributed by atoms with E-state index in [0.29, 0.717) is 5.92 Å². The van der Waals surface area contributed by atoms with Gasteiger partial charge in [-0.2, -0.15) is 9.47 Å². The summed E-state index contributed by atoms with van der Waals surface area (Å²) in [5, 5.41) is 8.88. The number of anilines is 1. The minimum atomic E-state index is 0.546. The highest BCUT2D eigenvalue weighted by Crippen LogP contribution is 2.36. The highest BCUT2D eigenvalue weighted by atomic mass is 32.1. The number of nitrogens with zero attached hydrogens (tertiary/aromatic N) is 4. The lowest BCUT2D eigenvalue weighted by molar-refractivity contribution is 0.648. The minimum absolute atomic E-state index is 0.546. The van der Waals surface area contributed by atoms with Gasteiger partial charge in [-0.05, 0) is 31.3 Å². The average Bonchev–Trinajstić information content (AvgIpc) is 3.08. The van der Waals surface area contributed by atoms with Crippen LogP contribution in [0.2, 0.25) is 0 Å². The highest BCUT2D eigenvalue weighted by molar-refractivity contribution is 7.10. The van der Waals surface area contributed by atoms with Gasteiger partial charge in [0, 0.05) is 20.0 Å². The Bertz CT molecular complexity index is 580. The van der Waals surface area contributed by atoms with Gasteiger partial charge in [-0.1, -0.05) is 12.8 Å². The quantitative estimate of drug-likeness (QED) is 0.937. The third kappa shape index (κ3) is 2.14. The van der Waals surface area contributed by atoms with Crippen molar-refractivity contribution >= 4 is 16.5 Å². The predicted molar refractivity (Wildman–Crippen MR) is 77.6 cm³/mol. The van der Waals surface area contributed by atoms with Crippen LogP contribution in [0, 0.1) is 6.92 Å². The van der Waals surface area contributed by atoms with Gasteiger partial charge in [-0.3, -0.25) is 0 Å². The third-order valence-electron chi connectivity index (χ3n) is 3.81. The summed E-state index contributed by atoms with van der Waals surface area (Å²) in [6.07, 6.45) is 5.06. The zero-order valence-electron chi connectivity index (χ0n) is 11.6.